The Balaban J connectivity index is 2.31. The number of benzene rings is 1. The van der Waals surface area contributed by atoms with E-state index in [4.69, 9.17) is 9.47 Å². The molecule has 1 atom stereocenters. The van der Waals surface area contributed by atoms with Crippen molar-refractivity contribution in [2.45, 2.75) is 53.1 Å². The van der Waals surface area contributed by atoms with Crippen LogP contribution < -0.4 is 14.8 Å². The van der Waals surface area contributed by atoms with Gasteiger partial charge in [-0.05, 0) is 57.3 Å². The zero-order valence-electron chi connectivity index (χ0n) is 14.0. The minimum atomic E-state index is 0.206. The average Bonchev–Trinajstić information content (AvgIpc) is 2.45. The maximum absolute atomic E-state index is 6.02. The van der Waals surface area contributed by atoms with E-state index in [1.54, 1.807) is 0 Å². The van der Waals surface area contributed by atoms with E-state index in [2.05, 4.69) is 33.0 Å². The Kier molecular flexibility index (Phi) is 8.91. The number of para-hydroxylation sites is 2. The molecule has 3 nitrogen and oxygen atoms in total. The Morgan fingerprint density at radius 3 is 2.48 bits per heavy atom. The van der Waals surface area contributed by atoms with E-state index < -0.39 is 0 Å². The van der Waals surface area contributed by atoms with Crippen molar-refractivity contribution in [1.29, 1.82) is 0 Å². The van der Waals surface area contributed by atoms with Crippen molar-refractivity contribution < 1.29 is 9.47 Å². The van der Waals surface area contributed by atoms with Gasteiger partial charge in [-0.1, -0.05) is 32.9 Å². The molecule has 0 saturated carbocycles. The van der Waals surface area contributed by atoms with Crippen molar-refractivity contribution in [2.75, 3.05) is 19.7 Å². The lowest BCUT2D eigenvalue weighted by atomic mass is 10.2. The number of hydrogen-bond acceptors (Lipinski definition) is 3. The molecule has 0 aliphatic heterocycles. The number of nitrogens with one attached hydrogen (secondary N) is 1. The van der Waals surface area contributed by atoms with Crippen LogP contribution >= 0.6 is 0 Å². The van der Waals surface area contributed by atoms with Gasteiger partial charge in [0, 0.05) is 0 Å². The molecular weight excluding hydrogens is 262 g/mol. The summed E-state index contributed by atoms with van der Waals surface area (Å²) in [6.45, 7) is 11.6. The summed E-state index contributed by atoms with van der Waals surface area (Å²) in [6.07, 6.45) is 3.39. The third-order valence-corrected chi connectivity index (χ3v) is 3.16. The molecule has 0 aliphatic carbocycles. The van der Waals surface area contributed by atoms with Crippen LogP contribution in [0.5, 0.6) is 11.5 Å². The molecule has 0 aliphatic rings. The minimum absolute atomic E-state index is 0.206. The Morgan fingerprint density at radius 2 is 1.81 bits per heavy atom. The van der Waals surface area contributed by atoms with Crippen molar-refractivity contribution in [3.05, 3.63) is 24.3 Å². The normalized spacial score (nSPS) is 12.4. The Labute approximate surface area is 130 Å². The highest BCUT2D eigenvalue weighted by Crippen LogP contribution is 2.28. The van der Waals surface area contributed by atoms with Crippen LogP contribution in [0.15, 0.2) is 24.3 Å². The molecule has 1 aromatic carbocycles. The maximum Gasteiger partial charge on any atom is 0.161 e. The minimum Gasteiger partial charge on any atom is -0.490 e. The highest BCUT2D eigenvalue weighted by Gasteiger charge is 2.08. The molecular formula is C18H31NO2. The summed E-state index contributed by atoms with van der Waals surface area (Å²) < 4.78 is 11.7. The third-order valence-electron chi connectivity index (χ3n) is 3.16. The fraction of sp³-hybridized carbons (Fsp3) is 0.667. The van der Waals surface area contributed by atoms with Gasteiger partial charge in [-0.25, -0.2) is 0 Å². The fourth-order valence-electron chi connectivity index (χ4n) is 2.06. The summed E-state index contributed by atoms with van der Waals surface area (Å²) >= 11 is 0. The summed E-state index contributed by atoms with van der Waals surface area (Å²) in [4.78, 5) is 0. The van der Waals surface area contributed by atoms with Crippen LogP contribution in [0.1, 0.15) is 47.0 Å². The SMILES string of the molecule is CCCOc1ccccc1OC(C)CCCNCC(C)C. The van der Waals surface area contributed by atoms with Crippen LogP contribution in [0.25, 0.3) is 0 Å². The summed E-state index contributed by atoms with van der Waals surface area (Å²) in [5.41, 5.74) is 0. The van der Waals surface area contributed by atoms with E-state index in [1.807, 2.05) is 24.3 Å². The first-order valence-corrected chi connectivity index (χ1v) is 8.22. The predicted octanol–water partition coefficient (Wildman–Crippen LogP) is 4.27. The lowest BCUT2D eigenvalue weighted by Crippen LogP contribution is -2.22. The third kappa shape index (κ3) is 7.96. The molecule has 0 saturated heterocycles. The van der Waals surface area contributed by atoms with Gasteiger partial charge in [0.2, 0.25) is 0 Å². The van der Waals surface area contributed by atoms with Gasteiger partial charge in [0.25, 0.3) is 0 Å². The van der Waals surface area contributed by atoms with Crippen molar-refractivity contribution in [1.82, 2.24) is 5.32 Å². The van der Waals surface area contributed by atoms with Crippen molar-refractivity contribution in [3.63, 3.8) is 0 Å². The van der Waals surface area contributed by atoms with Gasteiger partial charge in [0.1, 0.15) is 0 Å². The van der Waals surface area contributed by atoms with Crippen molar-refractivity contribution in [3.8, 4) is 11.5 Å². The van der Waals surface area contributed by atoms with E-state index >= 15 is 0 Å². The molecule has 3 heteroatoms. The van der Waals surface area contributed by atoms with E-state index in [0.717, 1.165) is 50.5 Å². The molecule has 0 radical (unpaired) electrons. The molecule has 0 spiro atoms. The van der Waals surface area contributed by atoms with E-state index in [1.165, 1.54) is 0 Å². The largest absolute Gasteiger partial charge is 0.490 e. The second-order valence-electron chi connectivity index (χ2n) is 5.96. The van der Waals surface area contributed by atoms with Crippen LogP contribution in [0.4, 0.5) is 0 Å². The first-order chi connectivity index (χ1) is 10.1. The quantitative estimate of drug-likeness (QED) is 0.618. The summed E-state index contributed by atoms with van der Waals surface area (Å²) in [6, 6.07) is 7.93. The van der Waals surface area contributed by atoms with Gasteiger partial charge in [0.15, 0.2) is 11.5 Å². The average molecular weight is 293 g/mol. The molecule has 120 valence electrons. The van der Waals surface area contributed by atoms with Crippen LogP contribution in [-0.2, 0) is 0 Å². The molecule has 1 rings (SSSR count). The van der Waals surface area contributed by atoms with Crippen LogP contribution in [0.3, 0.4) is 0 Å². The standard InChI is InChI=1S/C18H31NO2/c1-5-13-20-17-10-6-7-11-18(17)21-16(4)9-8-12-19-14-15(2)3/h6-7,10-11,15-16,19H,5,8-9,12-14H2,1-4H3. The van der Waals surface area contributed by atoms with Gasteiger partial charge in [-0.3, -0.25) is 0 Å². The molecule has 0 heterocycles. The van der Waals surface area contributed by atoms with Crippen molar-refractivity contribution in [2.24, 2.45) is 5.92 Å². The second-order valence-corrected chi connectivity index (χ2v) is 5.96. The monoisotopic (exact) mass is 293 g/mol. The fourth-order valence-corrected chi connectivity index (χ4v) is 2.06. The predicted molar refractivity (Wildman–Crippen MR) is 89.3 cm³/mol. The smallest absolute Gasteiger partial charge is 0.161 e. The van der Waals surface area contributed by atoms with Crippen LogP contribution in [0.2, 0.25) is 0 Å². The zero-order chi connectivity index (χ0) is 15.5. The maximum atomic E-state index is 6.02. The number of rotatable bonds is 11. The van der Waals surface area contributed by atoms with Gasteiger partial charge >= 0.3 is 0 Å². The summed E-state index contributed by atoms with van der Waals surface area (Å²) in [7, 11) is 0. The van der Waals surface area contributed by atoms with Crippen LogP contribution in [0, 0.1) is 5.92 Å². The number of hydrogen-bond donors (Lipinski definition) is 1. The molecule has 0 fully saturated rings. The molecule has 0 amide bonds. The van der Waals surface area contributed by atoms with Gasteiger partial charge in [-0.15, -0.1) is 0 Å². The molecule has 1 unspecified atom stereocenters. The van der Waals surface area contributed by atoms with Crippen LogP contribution in [-0.4, -0.2) is 25.8 Å². The Bertz CT molecular complexity index is 379. The van der Waals surface area contributed by atoms with Crippen molar-refractivity contribution >= 4 is 0 Å². The first-order valence-electron chi connectivity index (χ1n) is 8.22. The molecule has 0 bridgehead atoms. The van der Waals surface area contributed by atoms with E-state index in [9.17, 15) is 0 Å². The zero-order valence-corrected chi connectivity index (χ0v) is 14.0. The molecule has 21 heavy (non-hydrogen) atoms. The molecule has 0 aromatic heterocycles. The Hall–Kier alpha value is -1.22. The Morgan fingerprint density at radius 1 is 1.10 bits per heavy atom. The lowest BCUT2D eigenvalue weighted by Gasteiger charge is -2.18. The highest BCUT2D eigenvalue weighted by molar-refractivity contribution is 5.39. The molecule has 1 aromatic rings. The lowest BCUT2D eigenvalue weighted by molar-refractivity contribution is 0.193. The van der Waals surface area contributed by atoms with Gasteiger partial charge in [0.05, 0.1) is 12.7 Å². The highest BCUT2D eigenvalue weighted by atomic mass is 16.5. The summed E-state index contributed by atoms with van der Waals surface area (Å²) in [5.74, 6) is 2.42. The topological polar surface area (TPSA) is 30.5 Å². The van der Waals surface area contributed by atoms with E-state index in [0.29, 0.717) is 5.92 Å². The summed E-state index contributed by atoms with van der Waals surface area (Å²) in [5, 5.41) is 3.46. The molecule has 1 N–H and O–H groups in total. The number of ether oxygens (including phenoxy) is 2. The van der Waals surface area contributed by atoms with Gasteiger partial charge < -0.3 is 14.8 Å². The van der Waals surface area contributed by atoms with E-state index in [-0.39, 0.29) is 6.10 Å². The second kappa shape index (κ2) is 10.5. The van der Waals surface area contributed by atoms with Gasteiger partial charge in [-0.2, -0.15) is 0 Å². The first kappa shape index (κ1) is 17.8.